The number of nitrogens with two attached hydrogens (primary N) is 2. The average Bonchev–Trinajstić information content (AvgIpc) is 2.86. The van der Waals surface area contributed by atoms with Crippen LogP contribution in [0.3, 0.4) is 0 Å². The maximum Gasteiger partial charge on any atom is 0.255 e. The smallest absolute Gasteiger partial charge is 0.255 e. The van der Waals surface area contributed by atoms with Crippen LogP contribution in [-0.4, -0.2) is 41.1 Å². The van der Waals surface area contributed by atoms with Crippen molar-refractivity contribution in [3.63, 3.8) is 0 Å². The number of carbonyl (C=O) groups excluding carboxylic acids is 1. The highest BCUT2D eigenvalue weighted by molar-refractivity contribution is 8.14. The van der Waals surface area contributed by atoms with E-state index >= 15 is 0 Å². The van der Waals surface area contributed by atoms with Crippen molar-refractivity contribution in [2.45, 2.75) is 58.6 Å². The zero-order valence-electron chi connectivity index (χ0n) is 25.9. The molecule has 224 valence electrons. The van der Waals surface area contributed by atoms with Gasteiger partial charge in [-0.25, -0.2) is 5.84 Å². The van der Waals surface area contributed by atoms with E-state index in [0.717, 1.165) is 16.8 Å². The van der Waals surface area contributed by atoms with Gasteiger partial charge in [0.15, 0.2) is 10.9 Å². The minimum atomic E-state index is -0.312. The van der Waals surface area contributed by atoms with Crippen LogP contribution in [-0.2, 0) is 5.41 Å². The summed E-state index contributed by atoms with van der Waals surface area (Å²) in [7, 11) is 3.32. The van der Waals surface area contributed by atoms with Crippen molar-refractivity contribution in [1.29, 1.82) is 5.41 Å². The molecule has 9 nitrogen and oxygen atoms in total. The normalized spacial score (nSPS) is 12.0. The van der Waals surface area contributed by atoms with Crippen LogP contribution in [0.25, 0.3) is 0 Å². The fraction of sp³-hybridized carbons (Fsp3) is 0.400. The van der Waals surface area contributed by atoms with E-state index in [4.69, 9.17) is 21.7 Å². The topological polar surface area (TPSA) is 133 Å². The fourth-order valence-corrected chi connectivity index (χ4v) is 4.95. The number of hydrogen-bond acceptors (Lipinski definition) is 9. The standard InChI is InChI=1S/C30H45N7O2S2/c1-18-12-13-20(14-25(18)37(33)17-22(31)19(2)36(9)28(32)41-30(6,7)8)27(38)34-23-15-21(29(3,4)5)16-24(35-40-11)26(23)39-10/h12-17,32,35H,2,31,33H2,1,3-11H3,(H,34,38)/b22-17-,32-28?. The maximum atomic E-state index is 13.5. The lowest BCUT2D eigenvalue weighted by atomic mass is 9.86. The van der Waals surface area contributed by atoms with Crippen molar-refractivity contribution >= 4 is 51.8 Å². The molecule has 0 atom stereocenters. The molecule has 0 aliphatic heterocycles. The molecule has 1 amide bonds. The summed E-state index contributed by atoms with van der Waals surface area (Å²) < 4.78 is 8.79. The molecule has 2 aromatic rings. The van der Waals surface area contributed by atoms with Gasteiger partial charge in [0, 0.05) is 29.8 Å². The van der Waals surface area contributed by atoms with Crippen LogP contribution >= 0.6 is 23.7 Å². The molecule has 7 N–H and O–H groups in total. The van der Waals surface area contributed by atoms with Crippen LogP contribution in [0.1, 0.15) is 63.0 Å². The maximum absolute atomic E-state index is 13.5. The monoisotopic (exact) mass is 599 g/mol. The van der Waals surface area contributed by atoms with E-state index in [1.807, 2.05) is 52.1 Å². The van der Waals surface area contributed by atoms with Gasteiger partial charge in [-0.05, 0) is 47.7 Å². The largest absolute Gasteiger partial charge is 0.492 e. The molecule has 0 saturated heterocycles. The van der Waals surface area contributed by atoms with Gasteiger partial charge < -0.3 is 25.4 Å². The summed E-state index contributed by atoms with van der Waals surface area (Å²) in [5.41, 5.74) is 11.1. The van der Waals surface area contributed by atoms with Gasteiger partial charge in [0.1, 0.15) is 0 Å². The van der Waals surface area contributed by atoms with E-state index < -0.39 is 0 Å². The van der Waals surface area contributed by atoms with Crippen LogP contribution in [0.4, 0.5) is 17.1 Å². The van der Waals surface area contributed by atoms with Gasteiger partial charge in [-0.2, -0.15) is 0 Å². The molecule has 2 aromatic carbocycles. The summed E-state index contributed by atoms with van der Waals surface area (Å²) in [5, 5.41) is 13.1. The Morgan fingerprint density at radius 1 is 1.12 bits per heavy atom. The Kier molecular flexibility index (Phi) is 11.2. The van der Waals surface area contributed by atoms with E-state index in [-0.39, 0.29) is 16.1 Å². The van der Waals surface area contributed by atoms with Crippen LogP contribution < -0.4 is 31.4 Å². The molecule has 0 unspecified atom stereocenters. The number of anilines is 3. The van der Waals surface area contributed by atoms with Gasteiger partial charge >= 0.3 is 0 Å². The zero-order chi connectivity index (χ0) is 31.3. The lowest BCUT2D eigenvalue weighted by molar-refractivity contribution is 0.102. The molecule has 0 aliphatic rings. The van der Waals surface area contributed by atoms with E-state index in [2.05, 4.69) is 37.4 Å². The summed E-state index contributed by atoms with van der Waals surface area (Å²) in [4.78, 5) is 15.1. The van der Waals surface area contributed by atoms with Crippen LogP contribution in [0, 0.1) is 12.3 Å². The van der Waals surface area contributed by atoms with Crippen molar-refractivity contribution in [3.05, 3.63) is 71.2 Å². The Labute approximate surface area is 253 Å². The number of amidine groups is 1. The summed E-state index contributed by atoms with van der Waals surface area (Å²) in [5.74, 6) is 6.63. The Morgan fingerprint density at radius 2 is 1.73 bits per heavy atom. The molecule has 0 aromatic heterocycles. The number of thioether (sulfide) groups is 1. The van der Waals surface area contributed by atoms with Crippen LogP contribution in [0.5, 0.6) is 5.75 Å². The van der Waals surface area contributed by atoms with E-state index in [0.29, 0.717) is 39.2 Å². The minimum Gasteiger partial charge on any atom is -0.492 e. The second-order valence-electron chi connectivity index (χ2n) is 11.6. The number of nitrogens with zero attached hydrogens (tertiary/aromatic N) is 2. The third kappa shape index (κ3) is 9.11. The molecule has 0 saturated carbocycles. The molecule has 0 bridgehead atoms. The first kappa shape index (κ1) is 33.9. The molecule has 0 aliphatic carbocycles. The molecule has 2 rings (SSSR count). The number of carbonyl (C=O) groups is 1. The van der Waals surface area contributed by atoms with E-state index in [1.54, 1.807) is 31.2 Å². The highest BCUT2D eigenvalue weighted by Gasteiger charge is 2.22. The molecule has 0 radical (unpaired) electrons. The number of benzene rings is 2. The lowest BCUT2D eigenvalue weighted by Crippen LogP contribution is -2.31. The molecule has 0 fully saturated rings. The summed E-state index contributed by atoms with van der Waals surface area (Å²) in [6.45, 7) is 18.4. The number of nitrogens with one attached hydrogen (secondary N) is 3. The number of hydrazine groups is 1. The number of methoxy groups -OCH3 is 1. The zero-order valence-corrected chi connectivity index (χ0v) is 27.5. The molecular weight excluding hydrogens is 555 g/mol. The van der Waals surface area contributed by atoms with Crippen LogP contribution in [0.2, 0.25) is 0 Å². The number of rotatable bonds is 9. The van der Waals surface area contributed by atoms with Gasteiger partial charge in [-0.15, -0.1) is 0 Å². The van der Waals surface area contributed by atoms with Crippen molar-refractivity contribution in [2.75, 3.05) is 35.5 Å². The third-order valence-electron chi connectivity index (χ3n) is 6.09. The first-order valence-corrected chi connectivity index (χ1v) is 15.1. The quantitative estimate of drug-likeness (QED) is 0.0537. The molecular formula is C30H45N7O2S2. The van der Waals surface area contributed by atoms with Gasteiger partial charge in [0.25, 0.3) is 5.91 Å². The molecule has 41 heavy (non-hydrogen) atoms. The van der Waals surface area contributed by atoms with Crippen molar-refractivity contribution < 1.29 is 9.53 Å². The van der Waals surface area contributed by atoms with E-state index in [9.17, 15) is 4.79 Å². The number of aryl methyl sites for hydroxylation is 1. The van der Waals surface area contributed by atoms with Crippen molar-refractivity contribution in [2.24, 2.45) is 11.6 Å². The van der Waals surface area contributed by atoms with Gasteiger partial charge in [-0.3, -0.25) is 15.2 Å². The number of likely N-dealkylation sites (N-methyl/N-ethyl adjacent to an activating group) is 1. The Balaban J connectivity index is 2.37. The summed E-state index contributed by atoms with van der Waals surface area (Å²) in [6, 6.07) is 9.25. The van der Waals surface area contributed by atoms with Crippen molar-refractivity contribution in [1.82, 2.24) is 4.90 Å². The van der Waals surface area contributed by atoms with Gasteiger partial charge in [0.2, 0.25) is 0 Å². The van der Waals surface area contributed by atoms with Gasteiger partial charge in [-0.1, -0.05) is 77.9 Å². The Bertz CT molecular complexity index is 1330. The first-order valence-electron chi connectivity index (χ1n) is 13.0. The summed E-state index contributed by atoms with van der Waals surface area (Å²) in [6.07, 6.45) is 3.46. The highest BCUT2D eigenvalue weighted by atomic mass is 32.2. The van der Waals surface area contributed by atoms with Crippen molar-refractivity contribution in [3.8, 4) is 5.75 Å². The SMILES string of the molecule is C=C(/C(N)=C/N(N)c1cc(C(=O)Nc2cc(C(C)(C)C)cc(NSC)c2OC)ccc1C)N(C)C(=N)SC(C)(C)C. The second-order valence-corrected chi connectivity index (χ2v) is 14.1. The average molecular weight is 600 g/mol. The number of amides is 1. The highest BCUT2D eigenvalue weighted by Crippen LogP contribution is 2.40. The lowest BCUT2D eigenvalue weighted by Gasteiger charge is -2.27. The van der Waals surface area contributed by atoms with E-state index in [1.165, 1.54) is 34.9 Å². The predicted octanol–water partition coefficient (Wildman–Crippen LogP) is 6.64. The van der Waals surface area contributed by atoms with Gasteiger partial charge in [0.05, 0.1) is 35.6 Å². The molecule has 0 heterocycles. The number of ether oxygens (including phenoxy) is 1. The molecule has 11 heteroatoms. The Hall–Kier alpha value is -3.28. The Morgan fingerprint density at radius 3 is 2.27 bits per heavy atom. The fourth-order valence-electron chi connectivity index (χ4n) is 3.75. The predicted molar refractivity (Wildman–Crippen MR) is 179 cm³/mol. The number of hydrogen-bond donors (Lipinski definition) is 5. The van der Waals surface area contributed by atoms with Crippen LogP contribution in [0.15, 0.2) is 54.5 Å². The summed E-state index contributed by atoms with van der Waals surface area (Å²) >= 11 is 2.85. The first-order chi connectivity index (χ1) is 18.9. The second kappa shape index (κ2) is 13.6. The third-order valence-corrected chi connectivity index (χ3v) is 7.60. The molecule has 0 spiro atoms. The minimum absolute atomic E-state index is 0.132.